The topological polar surface area (TPSA) is 103 Å². The van der Waals surface area contributed by atoms with Crippen molar-refractivity contribution in [2.24, 2.45) is 5.11 Å². The van der Waals surface area contributed by atoms with Crippen LogP contribution in [0, 0.1) is 0 Å². The Bertz CT molecular complexity index is 879. The second kappa shape index (κ2) is 11.8. The van der Waals surface area contributed by atoms with Crippen molar-refractivity contribution < 1.29 is 23.7 Å². The van der Waals surface area contributed by atoms with Gasteiger partial charge in [0.15, 0.2) is 0 Å². The lowest BCUT2D eigenvalue weighted by Crippen LogP contribution is -2.58. The first-order valence-corrected chi connectivity index (χ1v) is 10.8. The maximum absolute atomic E-state index is 11.4. The third-order valence-corrected chi connectivity index (χ3v) is 5.56. The summed E-state index contributed by atoms with van der Waals surface area (Å²) in [5.41, 5.74) is 11.0. The predicted molar refractivity (Wildman–Crippen MR) is 117 cm³/mol. The normalized spacial score (nSPS) is 25.4. The molecule has 5 unspecified atom stereocenters. The zero-order chi connectivity index (χ0) is 22.1. The van der Waals surface area contributed by atoms with Crippen LogP contribution in [0.4, 0.5) is 0 Å². The molecule has 2 aromatic rings. The van der Waals surface area contributed by atoms with E-state index in [1.165, 1.54) is 6.92 Å². The van der Waals surface area contributed by atoms with Crippen LogP contribution in [0.5, 0.6) is 0 Å². The fraction of sp³-hybridized carbons (Fsp3) is 0.409. The molecule has 9 heteroatoms. The largest absolute Gasteiger partial charge is 0.463 e. The van der Waals surface area contributed by atoms with E-state index < -0.39 is 35.3 Å². The standard InChI is InChI=1S/C22H24BrN3O5/c1-15(27)28-14-18-20(29-12-16-8-4-2-5-9-16)21(19(25-26-24)22(23)31-18)30-13-17-10-6-3-7-11-17/h2-11,18-22H,12-14H2,1H3. The molecule has 1 heterocycles. The molecule has 8 nitrogen and oxygen atoms in total. The average molecular weight is 490 g/mol. The van der Waals surface area contributed by atoms with Crippen LogP contribution in [0.3, 0.4) is 0 Å². The Labute approximate surface area is 189 Å². The Hall–Kier alpha value is -2.42. The first kappa shape index (κ1) is 23.2. The first-order chi connectivity index (χ1) is 15.1. The number of rotatable bonds is 9. The molecule has 0 aliphatic carbocycles. The van der Waals surface area contributed by atoms with Crippen LogP contribution in [0.25, 0.3) is 10.4 Å². The minimum atomic E-state index is -0.678. The number of azide groups is 1. The second-order valence-electron chi connectivity index (χ2n) is 7.05. The minimum Gasteiger partial charge on any atom is -0.463 e. The summed E-state index contributed by atoms with van der Waals surface area (Å²) in [7, 11) is 0. The Morgan fingerprint density at radius 1 is 1.03 bits per heavy atom. The van der Waals surface area contributed by atoms with Gasteiger partial charge >= 0.3 is 5.97 Å². The number of hydrogen-bond acceptors (Lipinski definition) is 6. The van der Waals surface area contributed by atoms with Crippen LogP contribution in [-0.4, -0.2) is 41.9 Å². The highest BCUT2D eigenvalue weighted by Gasteiger charge is 2.46. The third-order valence-electron chi connectivity index (χ3n) is 4.81. The van der Waals surface area contributed by atoms with E-state index in [2.05, 4.69) is 26.0 Å². The minimum absolute atomic E-state index is 0.00885. The van der Waals surface area contributed by atoms with Crippen molar-refractivity contribution in [3.05, 3.63) is 82.2 Å². The zero-order valence-corrected chi connectivity index (χ0v) is 18.6. The van der Waals surface area contributed by atoms with Crippen LogP contribution in [0.1, 0.15) is 18.1 Å². The molecule has 5 atom stereocenters. The Kier molecular flexibility index (Phi) is 8.87. The van der Waals surface area contributed by atoms with Gasteiger partial charge in [0, 0.05) is 11.8 Å². The molecule has 164 valence electrons. The van der Waals surface area contributed by atoms with E-state index in [0.717, 1.165) is 11.1 Å². The van der Waals surface area contributed by atoms with Gasteiger partial charge in [-0.25, -0.2) is 0 Å². The molecule has 3 rings (SSSR count). The number of nitrogens with zero attached hydrogens (tertiary/aromatic N) is 3. The maximum atomic E-state index is 11.4. The summed E-state index contributed by atoms with van der Waals surface area (Å²) in [6.45, 7) is 1.92. The van der Waals surface area contributed by atoms with E-state index in [1.807, 2.05) is 60.7 Å². The van der Waals surface area contributed by atoms with E-state index in [0.29, 0.717) is 13.2 Å². The van der Waals surface area contributed by atoms with Gasteiger partial charge < -0.3 is 18.9 Å². The Morgan fingerprint density at radius 2 is 1.58 bits per heavy atom. The molecule has 0 radical (unpaired) electrons. The first-order valence-electron chi connectivity index (χ1n) is 9.86. The van der Waals surface area contributed by atoms with Gasteiger partial charge in [-0.3, -0.25) is 4.79 Å². The van der Waals surface area contributed by atoms with Crippen molar-refractivity contribution in [1.82, 2.24) is 0 Å². The number of esters is 1. The van der Waals surface area contributed by atoms with Crippen molar-refractivity contribution in [1.29, 1.82) is 0 Å². The fourth-order valence-electron chi connectivity index (χ4n) is 3.32. The van der Waals surface area contributed by atoms with Gasteiger partial charge in [0.05, 0.1) is 19.3 Å². The predicted octanol–water partition coefficient (Wildman–Crippen LogP) is 4.52. The summed E-state index contributed by atoms with van der Waals surface area (Å²) >= 11 is 3.43. The summed E-state index contributed by atoms with van der Waals surface area (Å²) in [6, 6.07) is 18.7. The summed E-state index contributed by atoms with van der Waals surface area (Å²) in [5, 5.41) is 3.27. The summed E-state index contributed by atoms with van der Waals surface area (Å²) in [4.78, 5) is 14.3. The quantitative estimate of drug-likeness (QED) is 0.169. The van der Waals surface area contributed by atoms with E-state index in [-0.39, 0.29) is 6.61 Å². The molecule has 0 aromatic heterocycles. The molecule has 31 heavy (non-hydrogen) atoms. The van der Waals surface area contributed by atoms with Crippen molar-refractivity contribution in [2.75, 3.05) is 6.61 Å². The Balaban J connectivity index is 1.83. The molecular weight excluding hydrogens is 466 g/mol. The molecule has 1 fully saturated rings. The van der Waals surface area contributed by atoms with Crippen LogP contribution in [0.15, 0.2) is 65.8 Å². The van der Waals surface area contributed by atoms with Crippen LogP contribution >= 0.6 is 15.9 Å². The highest BCUT2D eigenvalue weighted by Crippen LogP contribution is 2.32. The lowest BCUT2D eigenvalue weighted by molar-refractivity contribution is -0.209. The number of halogens is 1. The van der Waals surface area contributed by atoms with Crippen molar-refractivity contribution >= 4 is 21.9 Å². The second-order valence-corrected chi connectivity index (χ2v) is 7.95. The number of hydrogen-bond donors (Lipinski definition) is 0. The van der Waals surface area contributed by atoms with Gasteiger partial charge in [0.1, 0.15) is 29.9 Å². The van der Waals surface area contributed by atoms with Crippen molar-refractivity contribution in [2.45, 2.75) is 49.5 Å². The van der Waals surface area contributed by atoms with Gasteiger partial charge in [-0.1, -0.05) is 81.7 Å². The van der Waals surface area contributed by atoms with Gasteiger partial charge in [-0.05, 0) is 16.7 Å². The number of alkyl halides is 1. The monoisotopic (exact) mass is 489 g/mol. The van der Waals surface area contributed by atoms with E-state index in [4.69, 9.17) is 24.5 Å². The molecular formula is C22H24BrN3O5. The van der Waals surface area contributed by atoms with Crippen LogP contribution < -0.4 is 0 Å². The zero-order valence-electron chi connectivity index (χ0n) is 17.0. The van der Waals surface area contributed by atoms with Crippen LogP contribution in [0.2, 0.25) is 0 Å². The maximum Gasteiger partial charge on any atom is 0.302 e. The number of carbonyl (C=O) groups excluding carboxylic acids is 1. The summed E-state index contributed by atoms with van der Waals surface area (Å²) in [6.07, 6.45) is -1.87. The molecule has 1 aliphatic heterocycles. The average Bonchev–Trinajstić information content (AvgIpc) is 2.78. The third kappa shape index (κ3) is 6.78. The lowest BCUT2D eigenvalue weighted by atomic mass is 9.98. The molecule has 0 saturated carbocycles. The molecule has 0 spiro atoms. The molecule has 0 bridgehead atoms. The van der Waals surface area contributed by atoms with Gasteiger partial charge in [0.25, 0.3) is 0 Å². The van der Waals surface area contributed by atoms with E-state index in [1.54, 1.807) is 0 Å². The van der Waals surface area contributed by atoms with E-state index in [9.17, 15) is 4.79 Å². The Morgan fingerprint density at radius 3 is 2.10 bits per heavy atom. The lowest BCUT2D eigenvalue weighted by Gasteiger charge is -2.43. The number of benzene rings is 2. The summed E-state index contributed by atoms with van der Waals surface area (Å²) < 4.78 is 23.5. The van der Waals surface area contributed by atoms with Crippen molar-refractivity contribution in [3.63, 3.8) is 0 Å². The highest BCUT2D eigenvalue weighted by atomic mass is 79.9. The molecule has 1 aliphatic rings. The number of carbonyl (C=O) groups is 1. The van der Waals surface area contributed by atoms with Crippen molar-refractivity contribution in [3.8, 4) is 0 Å². The SMILES string of the molecule is CC(=O)OCC1OC(Br)C(N=[N+]=[N-])C(OCc2ccccc2)C1OCc1ccccc1. The van der Waals surface area contributed by atoms with Crippen LogP contribution in [-0.2, 0) is 37.0 Å². The highest BCUT2D eigenvalue weighted by molar-refractivity contribution is 9.09. The molecule has 0 amide bonds. The van der Waals surface area contributed by atoms with E-state index >= 15 is 0 Å². The molecule has 0 N–H and O–H groups in total. The smallest absolute Gasteiger partial charge is 0.302 e. The van der Waals surface area contributed by atoms with Gasteiger partial charge in [-0.2, -0.15) is 0 Å². The summed E-state index contributed by atoms with van der Waals surface area (Å²) in [5.74, 6) is -0.421. The molecule has 2 aromatic carbocycles. The molecule has 1 saturated heterocycles. The number of ether oxygens (including phenoxy) is 4. The van der Waals surface area contributed by atoms with Gasteiger partial charge in [0.2, 0.25) is 0 Å². The van der Waals surface area contributed by atoms with Gasteiger partial charge in [-0.15, -0.1) is 0 Å². The fourth-order valence-corrected chi connectivity index (χ4v) is 4.00.